The first kappa shape index (κ1) is 26.6. The molecule has 206 valence electrons. The summed E-state index contributed by atoms with van der Waals surface area (Å²) in [6, 6.07) is 12.4. The van der Waals surface area contributed by atoms with Gasteiger partial charge in [0.25, 0.3) is 0 Å². The van der Waals surface area contributed by atoms with Gasteiger partial charge >= 0.3 is 0 Å². The fourth-order valence-electron chi connectivity index (χ4n) is 5.89. The molecule has 0 aliphatic carbocycles. The number of nitrogens with one attached hydrogen (secondary N) is 2. The van der Waals surface area contributed by atoms with E-state index in [4.69, 9.17) is 14.7 Å². The van der Waals surface area contributed by atoms with Crippen molar-refractivity contribution < 1.29 is 29.1 Å². The van der Waals surface area contributed by atoms with Crippen molar-refractivity contribution in [2.75, 3.05) is 27.3 Å². The van der Waals surface area contributed by atoms with Crippen LogP contribution in [0.3, 0.4) is 0 Å². The average Bonchev–Trinajstić information content (AvgIpc) is 3.34. The predicted molar refractivity (Wildman–Crippen MR) is 144 cm³/mol. The third kappa shape index (κ3) is 5.04. The van der Waals surface area contributed by atoms with Gasteiger partial charge in [0.15, 0.2) is 0 Å². The molecule has 0 radical (unpaired) electrons. The molecule has 39 heavy (non-hydrogen) atoms. The number of carbonyl (C=O) groups is 3. The summed E-state index contributed by atoms with van der Waals surface area (Å²) in [6.45, 7) is 0.496. The number of piperazine rings is 1. The van der Waals surface area contributed by atoms with Crippen LogP contribution in [0.2, 0.25) is 0 Å². The molecule has 0 bridgehead atoms. The average molecular weight is 535 g/mol. The summed E-state index contributed by atoms with van der Waals surface area (Å²) < 4.78 is 11.2. The smallest absolute Gasteiger partial charge is 0.246 e. The minimum Gasteiger partial charge on any atom is -0.497 e. The fraction of sp³-hybridized carbons (Fsp3) is 0.414. The van der Waals surface area contributed by atoms with Crippen molar-refractivity contribution in [3.05, 3.63) is 59.3 Å². The molecule has 3 amide bonds. The van der Waals surface area contributed by atoms with Gasteiger partial charge in [-0.25, -0.2) is 5.48 Å². The lowest BCUT2D eigenvalue weighted by Gasteiger charge is -2.47. The first-order chi connectivity index (χ1) is 19.0. The highest BCUT2D eigenvalue weighted by Gasteiger charge is 2.48. The Balaban J connectivity index is 1.45. The number of aromatic nitrogens is 1. The van der Waals surface area contributed by atoms with Crippen LogP contribution >= 0.6 is 0 Å². The summed E-state index contributed by atoms with van der Waals surface area (Å²) >= 11 is 0. The highest BCUT2D eigenvalue weighted by Crippen LogP contribution is 2.45. The van der Waals surface area contributed by atoms with Gasteiger partial charge in [0.1, 0.15) is 23.6 Å². The Hall–Kier alpha value is -4.05. The van der Waals surface area contributed by atoms with E-state index >= 15 is 0 Å². The maximum absolute atomic E-state index is 13.9. The quantitative estimate of drug-likeness (QED) is 0.208. The number of hydroxylamine groups is 1. The van der Waals surface area contributed by atoms with Gasteiger partial charge in [-0.1, -0.05) is 31.0 Å². The maximum Gasteiger partial charge on any atom is 0.246 e. The SMILES string of the molecule is COc1ccc(OC)c([C@H]2c3[nH]c4ccccc4c3C[C@H]3C(=O)N(CCCCCCC(=O)NO)CC(=O)N23)c1. The second-order valence-corrected chi connectivity index (χ2v) is 10.1. The molecule has 3 heterocycles. The first-order valence-corrected chi connectivity index (χ1v) is 13.3. The van der Waals surface area contributed by atoms with Crippen LogP contribution in [0.15, 0.2) is 42.5 Å². The van der Waals surface area contributed by atoms with Crippen molar-refractivity contribution in [1.82, 2.24) is 20.3 Å². The van der Waals surface area contributed by atoms with E-state index in [-0.39, 0.29) is 24.8 Å². The molecule has 0 spiro atoms. The van der Waals surface area contributed by atoms with E-state index in [0.29, 0.717) is 30.9 Å². The monoisotopic (exact) mass is 534 g/mol. The Morgan fingerprint density at radius 1 is 1.08 bits per heavy atom. The number of para-hydroxylation sites is 1. The number of benzene rings is 2. The molecular weight excluding hydrogens is 500 g/mol. The molecule has 10 heteroatoms. The molecule has 1 fully saturated rings. The summed E-state index contributed by atoms with van der Waals surface area (Å²) in [7, 11) is 3.19. The number of hydrogen-bond acceptors (Lipinski definition) is 6. The van der Waals surface area contributed by atoms with Gasteiger partial charge in [0.2, 0.25) is 17.7 Å². The first-order valence-electron chi connectivity index (χ1n) is 13.3. The molecule has 2 aliphatic rings. The van der Waals surface area contributed by atoms with Crippen LogP contribution < -0.4 is 15.0 Å². The number of unbranched alkanes of at least 4 members (excludes halogenated alkanes) is 3. The molecule has 0 unspecified atom stereocenters. The Morgan fingerprint density at radius 2 is 1.87 bits per heavy atom. The van der Waals surface area contributed by atoms with Crippen molar-refractivity contribution in [1.29, 1.82) is 0 Å². The molecule has 10 nitrogen and oxygen atoms in total. The van der Waals surface area contributed by atoms with Gasteiger partial charge < -0.3 is 24.3 Å². The number of H-pyrrole nitrogens is 1. The predicted octanol–water partition coefficient (Wildman–Crippen LogP) is 3.33. The minimum absolute atomic E-state index is 0.0145. The van der Waals surface area contributed by atoms with Crippen LogP contribution in [0.1, 0.15) is 55.0 Å². The molecule has 2 atom stereocenters. The normalized spacial score (nSPS) is 18.6. The van der Waals surface area contributed by atoms with E-state index in [0.717, 1.165) is 47.0 Å². The van der Waals surface area contributed by atoms with Gasteiger partial charge in [-0.3, -0.25) is 19.6 Å². The summed E-state index contributed by atoms with van der Waals surface area (Å²) in [6.07, 6.45) is 3.70. The molecule has 1 aromatic heterocycles. The van der Waals surface area contributed by atoms with Crippen molar-refractivity contribution in [2.45, 2.75) is 50.6 Å². The zero-order chi connectivity index (χ0) is 27.5. The van der Waals surface area contributed by atoms with Crippen LogP contribution in [-0.4, -0.2) is 71.1 Å². The van der Waals surface area contributed by atoms with Crippen LogP contribution in [0.25, 0.3) is 10.9 Å². The number of ether oxygens (including phenoxy) is 2. The van der Waals surface area contributed by atoms with Crippen molar-refractivity contribution in [2.24, 2.45) is 0 Å². The molecule has 5 rings (SSSR count). The van der Waals surface area contributed by atoms with Crippen molar-refractivity contribution >= 4 is 28.6 Å². The second-order valence-electron chi connectivity index (χ2n) is 10.1. The van der Waals surface area contributed by atoms with Crippen LogP contribution in [-0.2, 0) is 20.8 Å². The number of methoxy groups -OCH3 is 2. The molecular formula is C29H34N4O6. The van der Waals surface area contributed by atoms with E-state index in [1.165, 1.54) is 0 Å². The summed E-state index contributed by atoms with van der Waals surface area (Å²) in [5.41, 5.74) is 5.28. The Kier molecular flexibility index (Phi) is 7.74. The van der Waals surface area contributed by atoms with Crippen molar-refractivity contribution in [3.8, 4) is 11.5 Å². The van der Waals surface area contributed by atoms with Gasteiger partial charge in [-0.05, 0) is 42.7 Å². The van der Waals surface area contributed by atoms with E-state index < -0.39 is 18.0 Å². The number of carbonyl (C=O) groups excluding carboxylic acids is 3. The Bertz CT molecular complexity index is 1390. The van der Waals surface area contributed by atoms with E-state index in [2.05, 4.69) is 4.98 Å². The summed E-state index contributed by atoms with van der Waals surface area (Å²) in [5.74, 6) is 0.682. The number of aromatic amines is 1. The molecule has 0 saturated carbocycles. The number of hydrogen-bond donors (Lipinski definition) is 3. The van der Waals surface area contributed by atoms with Gasteiger partial charge in [-0.2, -0.15) is 0 Å². The zero-order valence-corrected chi connectivity index (χ0v) is 22.2. The van der Waals surface area contributed by atoms with Crippen molar-refractivity contribution in [3.63, 3.8) is 0 Å². The highest BCUT2D eigenvalue weighted by atomic mass is 16.5. The topological polar surface area (TPSA) is 124 Å². The zero-order valence-electron chi connectivity index (χ0n) is 22.2. The second kappa shape index (κ2) is 11.4. The van der Waals surface area contributed by atoms with E-state index in [1.54, 1.807) is 29.5 Å². The van der Waals surface area contributed by atoms with Gasteiger partial charge in [-0.15, -0.1) is 0 Å². The molecule has 2 aliphatic heterocycles. The standard InChI is InChI=1S/C29H34N4O6/c1-38-18-12-13-24(39-2)21(15-18)28-27-20(19-9-6-7-10-22(19)30-27)16-23-29(36)32(17-26(35)33(23)28)14-8-4-3-5-11-25(34)31-37/h6-7,9-10,12-13,15,23,28,30,37H,3-5,8,11,14,16-17H2,1-2H3,(H,31,34)/t23-,28-/m0/s1. The lowest BCUT2D eigenvalue weighted by Crippen LogP contribution is -2.63. The molecule has 1 saturated heterocycles. The maximum atomic E-state index is 13.9. The number of rotatable bonds is 10. The Labute approximate surface area is 226 Å². The van der Waals surface area contributed by atoms with Gasteiger partial charge in [0.05, 0.1) is 20.8 Å². The number of amides is 3. The fourth-order valence-corrected chi connectivity index (χ4v) is 5.89. The van der Waals surface area contributed by atoms with Crippen LogP contribution in [0.4, 0.5) is 0 Å². The number of fused-ring (bicyclic) bond motifs is 4. The lowest BCUT2D eigenvalue weighted by molar-refractivity contribution is -0.158. The molecule has 3 N–H and O–H groups in total. The summed E-state index contributed by atoms with van der Waals surface area (Å²) in [4.78, 5) is 45.7. The highest BCUT2D eigenvalue weighted by molar-refractivity contribution is 5.97. The largest absolute Gasteiger partial charge is 0.497 e. The Morgan fingerprint density at radius 3 is 2.64 bits per heavy atom. The third-order valence-corrected chi connectivity index (χ3v) is 7.78. The molecule has 3 aromatic rings. The molecule has 2 aromatic carbocycles. The van der Waals surface area contributed by atoms with Gasteiger partial charge in [0, 0.05) is 41.5 Å². The van der Waals surface area contributed by atoms with E-state index in [1.807, 2.05) is 42.5 Å². The summed E-state index contributed by atoms with van der Waals surface area (Å²) in [5, 5.41) is 9.66. The van der Waals surface area contributed by atoms with E-state index in [9.17, 15) is 14.4 Å². The van der Waals surface area contributed by atoms with Crippen LogP contribution in [0.5, 0.6) is 11.5 Å². The third-order valence-electron chi connectivity index (χ3n) is 7.78. The minimum atomic E-state index is -0.632. The van der Waals surface area contributed by atoms with Crippen LogP contribution in [0, 0.1) is 0 Å². The lowest BCUT2D eigenvalue weighted by atomic mass is 9.85. The number of nitrogens with zero attached hydrogens (tertiary/aromatic N) is 2.